The van der Waals surface area contributed by atoms with E-state index >= 15 is 0 Å². The zero-order valence-electron chi connectivity index (χ0n) is 8.57. The summed E-state index contributed by atoms with van der Waals surface area (Å²) in [5, 5.41) is 8.58. The smallest absolute Gasteiger partial charge is 0.252 e. The van der Waals surface area contributed by atoms with E-state index in [2.05, 4.69) is 10.2 Å². The summed E-state index contributed by atoms with van der Waals surface area (Å²) in [5.74, 6) is 3.63. The Bertz CT molecular complexity index is 342. The second-order valence-electron chi connectivity index (χ2n) is 3.63. The number of ether oxygens (including phenoxy) is 1. The standard InChI is InChI=1S/C10H13ClN2OS/c1-14-10-9(11)5-8(12-13-10)4-7-2-3-15-6-7/h5,7H,2-4,6H2,1H3. The van der Waals surface area contributed by atoms with Crippen molar-refractivity contribution in [3.8, 4) is 5.88 Å². The number of hydrogen-bond donors (Lipinski definition) is 0. The van der Waals surface area contributed by atoms with Crippen molar-refractivity contribution >= 4 is 23.4 Å². The molecule has 0 N–H and O–H groups in total. The molecule has 0 spiro atoms. The third-order valence-electron chi connectivity index (χ3n) is 2.48. The minimum atomic E-state index is 0.404. The third kappa shape index (κ3) is 2.75. The van der Waals surface area contributed by atoms with Crippen molar-refractivity contribution in [3.63, 3.8) is 0 Å². The van der Waals surface area contributed by atoms with Crippen LogP contribution in [0.3, 0.4) is 0 Å². The molecule has 2 heterocycles. The first-order valence-corrected chi connectivity index (χ1v) is 6.46. The molecule has 0 saturated carbocycles. The van der Waals surface area contributed by atoms with Crippen molar-refractivity contribution in [1.29, 1.82) is 0 Å². The Morgan fingerprint density at radius 1 is 1.60 bits per heavy atom. The van der Waals surface area contributed by atoms with Crippen molar-refractivity contribution in [2.75, 3.05) is 18.6 Å². The fraction of sp³-hybridized carbons (Fsp3) is 0.600. The normalized spacial score (nSPS) is 20.5. The molecule has 82 valence electrons. The number of aromatic nitrogens is 2. The molecule has 1 saturated heterocycles. The second kappa shape index (κ2) is 5.03. The molecule has 3 nitrogen and oxygen atoms in total. The summed E-state index contributed by atoms with van der Waals surface area (Å²) < 4.78 is 4.96. The minimum absolute atomic E-state index is 0.404. The number of methoxy groups -OCH3 is 1. The summed E-state index contributed by atoms with van der Waals surface area (Å²) in [5.41, 5.74) is 0.966. The van der Waals surface area contributed by atoms with E-state index in [4.69, 9.17) is 16.3 Å². The lowest BCUT2D eigenvalue weighted by Gasteiger charge is -2.07. The third-order valence-corrected chi connectivity index (χ3v) is 3.98. The maximum atomic E-state index is 5.98. The number of thioether (sulfide) groups is 1. The lowest BCUT2D eigenvalue weighted by molar-refractivity contribution is 0.390. The first-order valence-electron chi connectivity index (χ1n) is 4.93. The van der Waals surface area contributed by atoms with Crippen molar-refractivity contribution in [1.82, 2.24) is 10.2 Å². The Balaban J connectivity index is 2.05. The van der Waals surface area contributed by atoms with Gasteiger partial charge in [0.25, 0.3) is 5.88 Å². The average Bonchev–Trinajstić information content (AvgIpc) is 2.71. The molecule has 5 heteroatoms. The Hall–Kier alpha value is -0.480. The molecule has 1 aromatic rings. The van der Waals surface area contributed by atoms with Crippen LogP contribution in [-0.4, -0.2) is 28.8 Å². The van der Waals surface area contributed by atoms with E-state index < -0.39 is 0 Å². The summed E-state index contributed by atoms with van der Waals surface area (Å²) in [6.45, 7) is 0. The number of rotatable bonds is 3. The molecular formula is C10H13ClN2OS. The predicted molar refractivity (Wildman–Crippen MR) is 62.7 cm³/mol. The summed E-state index contributed by atoms with van der Waals surface area (Å²) >= 11 is 7.99. The highest BCUT2D eigenvalue weighted by Gasteiger charge is 2.17. The first-order chi connectivity index (χ1) is 7.29. The fourth-order valence-electron chi connectivity index (χ4n) is 1.67. The lowest BCUT2D eigenvalue weighted by atomic mass is 10.0. The van der Waals surface area contributed by atoms with Crippen molar-refractivity contribution in [2.45, 2.75) is 12.8 Å². The highest BCUT2D eigenvalue weighted by Crippen LogP contribution is 2.27. The zero-order chi connectivity index (χ0) is 10.7. The Labute approximate surface area is 98.6 Å². The fourth-order valence-corrected chi connectivity index (χ4v) is 3.20. The van der Waals surface area contributed by atoms with Gasteiger partial charge in [-0.15, -0.1) is 5.10 Å². The monoisotopic (exact) mass is 244 g/mol. The number of hydrogen-bond acceptors (Lipinski definition) is 4. The molecule has 1 aliphatic rings. The van der Waals surface area contributed by atoms with Crippen LogP contribution >= 0.6 is 23.4 Å². The van der Waals surface area contributed by atoms with Crippen LogP contribution in [0.25, 0.3) is 0 Å². The largest absolute Gasteiger partial charge is 0.479 e. The van der Waals surface area contributed by atoms with Crippen molar-refractivity contribution in [3.05, 3.63) is 16.8 Å². The molecule has 0 amide bonds. The molecule has 1 aliphatic heterocycles. The Morgan fingerprint density at radius 3 is 3.07 bits per heavy atom. The summed E-state index contributed by atoms with van der Waals surface area (Å²) in [7, 11) is 1.54. The summed E-state index contributed by atoms with van der Waals surface area (Å²) in [4.78, 5) is 0. The van der Waals surface area contributed by atoms with Gasteiger partial charge in [0.15, 0.2) is 0 Å². The van der Waals surface area contributed by atoms with Gasteiger partial charge in [-0.2, -0.15) is 16.9 Å². The zero-order valence-corrected chi connectivity index (χ0v) is 10.1. The van der Waals surface area contributed by atoms with Gasteiger partial charge in [0.1, 0.15) is 5.02 Å². The van der Waals surface area contributed by atoms with Gasteiger partial charge in [0.05, 0.1) is 12.8 Å². The lowest BCUT2D eigenvalue weighted by Crippen LogP contribution is -2.05. The van der Waals surface area contributed by atoms with Gasteiger partial charge < -0.3 is 4.74 Å². The number of halogens is 1. The van der Waals surface area contributed by atoms with Crippen LogP contribution in [0.15, 0.2) is 6.07 Å². The van der Waals surface area contributed by atoms with Crippen LogP contribution in [0.4, 0.5) is 0 Å². The molecule has 1 fully saturated rings. The van der Waals surface area contributed by atoms with E-state index in [1.807, 2.05) is 17.8 Å². The molecule has 2 rings (SSSR count). The highest BCUT2D eigenvalue weighted by atomic mass is 35.5. The Kier molecular flexibility index (Phi) is 3.70. The van der Waals surface area contributed by atoms with Gasteiger partial charge in [-0.1, -0.05) is 11.6 Å². The van der Waals surface area contributed by atoms with Crippen LogP contribution in [-0.2, 0) is 6.42 Å². The summed E-state index contributed by atoms with van der Waals surface area (Å²) in [6, 6.07) is 1.86. The van der Waals surface area contributed by atoms with Gasteiger partial charge in [0, 0.05) is 0 Å². The first kappa shape index (κ1) is 11.0. The van der Waals surface area contributed by atoms with Gasteiger partial charge in [0.2, 0.25) is 0 Å². The molecule has 0 bridgehead atoms. The van der Waals surface area contributed by atoms with E-state index in [1.54, 1.807) is 7.11 Å². The number of nitrogens with zero attached hydrogens (tertiary/aromatic N) is 2. The van der Waals surface area contributed by atoms with Crippen LogP contribution in [0, 0.1) is 5.92 Å². The predicted octanol–water partition coefficient (Wildman–Crippen LogP) is 2.43. The maximum Gasteiger partial charge on any atom is 0.252 e. The SMILES string of the molecule is COc1nnc(CC2CCSC2)cc1Cl. The van der Waals surface area contributed by atoms with Crippen LogP contribution < -0.4 is 4.74 Å². The van der Waals surface area contributed by atoms with Crippen molar-refractivity contribution in [2.24, 2.45) is 5.92 Å². The Morgan fingerprint density at radius 2 is 2.47 bits per heavy atom. The van der Waals surface area contributed by atoms with Crippen LogP contribution in [0.5, 0.6) is 5.88 Å². The van der Waals surface area contributed by atoms with Gasteiger partial charge in [-0.3, -0.25) is 0 Å². The molecule has 0 aliphatic carbocycles. The van der Waals surface area contributed by atoms with Crippen LogP contribution in [0.1, 0.15) is 12.1 Å². The topological polar surface area (TPSA) is 35.0 Å². The van der Waals surface area contributed by atoms with Crippen LogP contribution in [0.2, 0.25) is 5.02 Å². The molecule has 0 aromatic carbocycles. The summed E-state index contributed by atoms with van der Waals surface area (Å²) in [6.07, 6.45) is 2.25. The van der Waals surface area contributed by atoms with E-state index in [0.717, 1.165) is 18.0 Å². The molecule has 1 aromatic heterocycles. The van der Waals surface area contributed by atoms with Gasteiger partial charge >= 0.3 is 0 Å². The highest BCUT2D eigenvalue weighted by molar-refractivity contribution is 7.99. The molecule has 1 atom stereocenters. The molecular weight excluding hydrogens is 232 g/mol. The molecule has 15 heavy (non-hydrogen) atoms. The molecule has 0 radical (unpaired) electrons. The van der Waals surface area contributed by atoms with Gasteiger partial charge in [-0.25, -0.2) is 0 Å². The minimum Gasteiger partial charge on any atom is -0.479 e. The maximum absolute atomic E-state index is 5.98. The van der Waals surface area contributed by atoms with Gasteiger partial charge in [-0.05, 0) is 36.3 Å². The van der Waals surface area contributed by atoms with E-state index in [-0.39, 0.29) is 0 Å². The molecule has 1 unspecified atom stereocenters. The van der Waals surface area contributed by atoms with Crippen molar-refractivity contribution < 1.29 is 4.74 Å². The van der Waals surface area contributed by atoms with E-state index in [9.17, 15) is 0 Å². The van der Waals surface area contributed by atoms with E-state index in [0.29, 0.717) is 10.9 Å². The average molecular weight is 245 g/mol. The quantitative estimate of drug-likeness (QED) is 0.818. The van der Waals surface area contributed by atoms with E-state index in [1.165, 1.54) is 17.9 Å². The second-order valence-corrected chi connectivity index (χ2v) is 5.18.